The molecule has 74 valence electrons. The lowest BCUT2D eigenvalue weighted by atomic mass is 10.1. The Balaban J connectivity index is 2.36. The summed E-state index contributed by atoms with van der Waals surface area (Å²) in [5.41, 5.74) is 4.93. The standard InChI is InChI=1S/C13H8Cl2/c14-11-6-5-9-7-8-3-1-2-4-10(8)12(9)13(11)15/h1-6H,7H2. The Bertz CT molecular complexity index is 544. The van der Waals surface area contributed by atoms with E-state index in [0.717, 1.165) is 12.0 Å². The second kappa shape index (κ2) is 3.26. The minimum atomic E-state index is 0.632. The number of hydrogen-bond acceptors (Lipinski definition) is 0. The highest BCUT2D eigenvalue weighted by molar-refractivity contribution is 6.44. The first-order chi connectivity index (χ1) is 7.27. The van der Waals surface area contributed by atoms with Crippen molar-refractivity contribution in [2.45, 2.75) is 6.42 Å². The van der Waals surface area contributed by atoms with Gasteiger partial charge in [-0.25, -0.2) is 0 Å². The Kier molecular flexibility index (Phi) is 2.01. The summed E-state index contributed by atoms with van der Waals surface area (Å²) in [4.78, 5) is 0. The molecule has 0 fully saturated rings. The number of hydrogen-bond donors (Lipinski definition) is 0. The van der Waals surface area contributed by atoms with E-state index < -0.39 is 0 Å². The normalized spacial score (nSPS) is 12.4. The van der Waals surface area contributed by atoms with Crippen molar-refractivity contribution in [3.05, 3.63) is 57.6 Å². The summed E-state index contributed by atoms with van der Waals surface area (Å²) >= 11 is 12.3. The molecule has 3 rings (SSSR count). The summed E-state index contributed by atoms with van der Waals surface area (Å²) in [5, 5.41) is 1.31. The fourth-order valence-electron chi connectivity index (χ4n) is 2.15. The summed E-state index contributed by atoms with van der Waals surface area (Å²) in [6.45, 7) is 0. The molecular weight excluding hydrogens is 227 g/mol. The van der Waals surface area contributed by atoms with Crippen molar-refractivity contribution in [2.24, 2.45) is 0 Å². The van der Waals surface area contributed by atoms with E-state index in [4.69, 9.17) is 23.2 Å². The van der Waals surface area contributed by atoms with Gasteiger partial charge in [-0.05, 0) is 29.2 Å². The molecule has 0 bridgehead atoms. The molecule has 1 aliphatic rings. The van der Waals surface area contributed by atoms with Crippen LogP contribution in [0.25, 0.3) is 11.1 Å². The molecular formula is C13H8Cl2. The molecule has 2 aromatic carbocycles. The lowest BCUT2D eigenvalue weighted by Gasteiger charge is -2.04. The van der Waals surface area contributed by atoms with Crippen LogP contribution in [0.2, 0.25) is 10.0 Å². The van der Waals surface area contributed by atoms with Crippen molar-refractivity contribution in [1.29, 1.82) is 0 Å². The van der Waals surface area contributed by atoms with Crippen LogP contribution in [0.5, 0.6) is 0 Å². The Morgan fingerprint density at radius 1 is 0.867 bits per heavy atom. The van der Waals surface area contributed by atoms with Gasteiger partial charge >= 0.3 is 0 Å². The Hall–Kier alpha value is -0.980. The fraction of sp³-hybridized carbons (Fsp3) is 0.0769. The van der Waals surface area contributed by atoms with Crippen LogP contribution >= 0.6 is 23.2 Å². The molecule has 0 aromatic heterocycles. The number of rotatable bonds is 0. The van der Waals surface area contributed by atoms with Crippen LogP contribution in [0.4, 0.5) is 0 Å². The van der Waals surface area contributed by atoms with E-state index in [9.17, 15) is 0 Å². The SMILES string of the molecule is Clc1ccc2c(c1Cl)-c1ccccc1C2. The van der Waals surface area contributed by atoms with Gasteiger partial charge in [-0.3, -0.25) is 0 Å². The molecule has 0 radical (unpaired) electrons. The van der Waals surface area contributed by atoms with Crippen LogP contribution in [-0.4, -0.2) is 0 Å². The maximum absolute atomic E-state index is 6.23. The summed E-state index contributed by atoms with van der Waals surface area (Å²) < 4.78 is 0. The highest BCUT2D eigenvalue weighted by atomic mass is 35.5. The number of halogens is 2. The number of fused-ring (bicyclic) bond motifs is 3. The van der Waals surface area contributed by atoms with Crippen molar-refractivity contribution in [3.63, 3.8) is 0 Å². The molecule has 0 spiro atoms. The van der Waals surface area contributed by atoms with E-state index in [1.165, 1.54) is 16.7 Å². The van der Waals surface area contributed by atoms with E-state index in [0.29, 0.717) is 10.0 Å². The van der Waals surface area contributed by atoms with E-state index in [1.807, 2.05) is 12.1 Å². The molecule has 0 saturated carbocycles. The Morgan fingerprint density at radius 2 is 1.67 bits per heavy atom. The van der Waals surface area contributed by atoms with Gasteiger partial charge in [-0.2, -0.15) is 0 Å². The van der Waals surface area contributed by atoms with Crippen molar-refractivity contribution < 1.29 is 0 Å². The van der Waals surface area contributed by atoms with Crippen molar-refractivity contribution in [1.82, 2.24) is 0 Å². The van der Waals surface area contributed by atoms with Gasteiger partial charge in [-0.1, -0.05) is 53.5 Å². The van der Waals surface area contributed by atoms with Crippen molar-refractivity contribution in [3.8, 4) is 11.1 Å². The molecule has 0 atom stereocenters. The van der Waals surface area contributed by atoms with Gasteiger partial charge in [0.2, 0.25) is 0 Å². The van der Waals surface area contributed by atoms with E-state index in [-0.39, 0.29) is 0 Å². The zero-order valence-electron chi connectivity index (χ0n) is 7.93. The molecule has 0 nitrogen and oxygen atoms in total. The molecule has 0 amide bonds. The van der Waals surface area contributed by atoms with Crippen LogP contribution in [0.3, 0.4) is 0 Å². The molecule has 2 aromatic rings. The fourth-order valence-corrected chi connectivity index (χ4v) is 2.60. The van der Waals surface area contributed by atoms with Gasteiger partial charge in [0.1, 0.15) is 0 Å². The van der Waals surface area contributed by atoms with Gasteiger partial charge in [0.25, 0.3) is 0 Å². The maximum atomic E-state index is 6.23. The maximum Gasteiger partial charge on any atom is 0.0673 e. The second-order valence-electron chi connectivity index (χ2n) is 3.73. The molecule has 15 heavy (non-hydrogen) atoms. The van der Waals surface area contributed by atoms with Gasteiger partial charge in [0.05, 0.1) is 10.0 Å². The Labute approximate surface area is 98.5 Å². The van der Waals surface area contributed by atoms with Gasteiger partial charge in [-0.15, -0.1) is 0 Å². The topological polar surface area (TPSA) is 0 Å². The first-order valence-corrected chi connectivity index (χ1v) is 5.58. The second-order valence-corrected chi connectivity index (χ2v) is 4.51. The molecule has 0 unspecified atom stereocenters. The third-order valence-corrected chi connectivity index (χ3v) is 3.65. The highest BCUT2D eigenvalue weighted by Gasteiger charge is 2.21. The predicted octanol–water partition coefficient (Wildman–Crippen LogP) is 4.56. The molecule has 0 aliphatic heterocycles. The number of benzene rings is 2. The van der Waals surface area contributed by atoms with E-state index in [1.54, 1.807) is 0 Å². The quantitative estimate of drug-likeness (QED) is 0.535. The lowest BCUT2D eigenvalue weighted by Crippen LogP contribution is -1.81. The van der Waals surface area contributed by atoms with Crippen LogP contribution in [-0.2, 0) is 6.42 Å². The van der Waals surface area contributed by atoms with Crippen LogP contribution in [0, 0.1) is 0 Å². The summed E-state index contributed by atoms with van der Waals surface area (Å²) in [6.07, 6.45) is 0.961. The summed E-state index contributed by atoms with van der Waals surface area (Å²) in [5.74, 6) is 0. The smallest absolute Gasteiger partial charge is 0.0673 e. The monoisotopic (exact) mass is 234 g/mol. The zero-order chi connectivity index (χ0) is 10.4. The van der Waals surface area contributed by atoms with Crippen molar-refractivity contribution in [2.75, 3.05) is 0 Å². The molecule has 0 saturated heterocycles. The average molecular weight is 235 g/mol. The third-order valence-electron chi connectivity index (χ3n) is 2.85. The van der Waals surface area contributed by atoms with Crippen LogP contribution in [0.15, 0.2) is 36.4 Å². The zero-order valence-corrected chi connectivity index (χ0v) is 9.44. The highest BCUT2D eigenvalue weighted by Crippen LogP contribution is 2.43. The molecule has 0 heterocycles. The van der Waals surface area contributed by atoms with Gasteiger partial charge in [0.15, 0.2) is 0 Å². The Morgan fingerprint density at radius 3 is 2.53 bits per heavy atom. The largest absolute Gasteiger partial charge is 0.0827 e. The molecule has 0 N–H and O–H groups in total. The van der Waals surface area contributed by atoms with E-state index >= 15 is 0 Å². The summed E-state index contributed by atoms with van der Waals surface area (Å²) in [7, 11) is 0. The summed E-state index contributed by atoms with van der Waals surface area (Å²) in [6, 6.07) is 12.3. The van der Waals surface area contributed by atoms with E-state index in [2.05, 4.69) is 24.3 Å². The predicted molar refractivity (Wildman–Crippen MR) is 64.7 cm³/mol. The van der Waals surface area contributed by atoms with Crippen LogP contribution in [0.1, 0.15) is 11.1 Å². The minimum absolute atomic E-state index is 0.632. The van der Waals surface area contributed by atoms with Gasteiger partial charge in [0, 0.05) is 5.56 Å². The average Bonchev–Trinajstić information content (AvgIpc) is 2.62. The first-order valence-electron chi connectivity index (χ1n) is 4.82. The molecule has 1 aliphatic carbocycles. The van der Waals surface area contributed by atoms with Gasteiger partial charge < -0.3 is 0 Å². The van der Waals surface area contributed by atoms with Crippen LogP contribution < -0.4 is 0 Å². The van der Waals surface area contributed by atoms with Crippen molar-refractivity contribution >= 4 is 23.2 Å². The first kappa shape index (κ1) is 9.26. The molecule has 2 heteroatoms. The lowest BCUT2D eigenvalue weighted by molar-refractivity contribution is 1.26. The minimum Gasteiger partial charge on any atom is -0.0827 e. The third kappa shape index (κ3) is 1.29.